The molecular formula is C25H20Br2N2O2. The molecule has 3 aromatic carbocycles. The standard InChI is InChI=1S/C25H20Br2N2O2/c1-16-7-9-21(11-17(16)2)29-25(30)20(14-28)12-18-8-10-24(23(27)13-18)31-15-19-5-3-4-6-22(19)26/h3-13H,15H2,1-2H3,(H,29,30)/b20-12+. The van der Waals surface area contributed by atoms with Crippen LogP contribution in [-0.2, 0) is 11.4 Å². The van der Waals surface area contributed by atoms with E-state index in [4.69, 9.17) is 4.74 Å². The van der Waals surface area contributed by atoms with E-state index in [1.807, 2.05) is 74.5 Å². The Hall–Kier alpha value is -2.88. The summed E-state index contributed by atoms with van der Waals surface area (Å²) in [6.07, 6.45) is 1.55. The average Bonchev–Trinajstić information content (AvgIpc) is 2.75. The highest BCUT2D eigenvalue weighted by atomic mass is 79.9. The van der Waals surface area contributed by atoms with Crippen molar-refractivity contribution in [3.63, 3.8) is 0 Å². The molecule has 0 heterocycles. The highest BCUT2D eigenvalue weighted by Crippen LogP contribution is 2.29. The molecule has 31 heavy (non-hydrogen) atoms. The van der Waals surface area contributed by atoms with E-state index in [1.54, 1.807) is 12.1 Å². The number of halogens is 2. The van der Waals surface area contributed by atoms with Gasteiger partial charge in [-0.1, -0.05) is 46.3 Å². The molecule has 0 aliphatic rings. The van der Waals surface area contributed by atoms with Gasteiger partial charge in [-0.2, -0.15) is 5.26 Å². The van der Waals surface area contributed by atoms with Crippen molar-refractivity contribution < 1.29 is 9.53 Å². The van der Waals surface area contributed by atoms with Crippen LogP contribution in [0.5, 0.6) is 5.75 Å². The number of amides is 1. The number of rotatable bonds is 6. The summed E-state index contributed by atoms with van der Waals surface area (Å²) < 4.78 is 7.62. The minimum Gasteiger partial charge on any atom is -0.488 e. The molecule has 3 aromatic rings. The van der Waals surface area contributed by atoms with Crippen LogP contribution < -0.4 is 10.1 Å². The number of anilines is 1. The molecule has 0 aliphatic heterocycles. The van der Waals surface area contributed by atoms with Crippen molar-refractivity contribution in [1.82, 2.24) is 0 Å². The predicted octanol–water partition coefficient (Wildman–Crippen LogP) is 6.95. The van der Waals surface area contributed by atoms with Gasteiger partial charge in [-0.3, -0.25) is 4.79 Å². The van der Waals surface area contributed by atoms with E-state index in [0.29, 0.717) is 23.6 Å². The van der Waals surface area contributed by atoms with Gasteiger partial charge in [-0.15, -0.1) is 0 Å². The Balaban J connectivity index is 1.72. The summed E-state index contributed by atoms with van der Waals surface area (Å²) in [7, 11) is 0. The Kier molecular flexibility index (Phi) is 7.67. The molecule has 6 heteroatoms. The molecule has 1 amide bonds. The number of hydrogen-bond donors (Lipinski definition) is 1. The molecule has 156 valence electrons. The molecule has 4 nitrogen and oxygen atoms in total. The number of nitriles is 1. The maximum absolute atomic E-state index is 12.5. The van der Waals surface area contributed by atoms with Crippen LogP contribution in [0.25, 0.3) is 6.08 Å². The highest BCUT2D eigenvalue weighted by molar-refractivity contribution is 9.10. The van der Waals surface area contributed by atoms with Gasteiger partial charge in [0.25, 0.3) is 5.91 Å². The normalized spacial score (nSPS) is 11.0. The van der Waals surface area contributed by atoms with Crippen molar-refractivity contribution in [3.8, 4) is 11.8 Å². The summed E-state index contributed by atoms with van der Waals surface area (Å²) in [6, 6.07) is 20.9. The molecule has 0 radical (unpaired) electrons. The third-order valence-corrected chi connectivity index (χ3v) is 6.13. The maximum Gasteiger partial charge on any atom is 0.266 e. The number of carbonyl (C=O) groups is 1. The SMILES string of the molecule is Cc1ccc(NC(=O)/C(C#N)=C/c2ccc(OCc3ccccc3Br)c(Br)c2)cc1C. The molecular weight excluding hydrogens is 520 g/mol. The highest BCUT2D eigenvalue weighted by Gasteiger charge is 2.11. The molecule has 3 rings (SSSR count). The van der Waals surface area contributed by atoms with E-state index in [1.165, 1.54) is 0 Å². The lowest BCUT2D eigenvalue weighted by molar-refractivity contribution is -0.112. The average molecular weight is 540 g/mol. The first-order chi connectivity index (χ1) is 14.9. The first-order valence-corrected chi connectivity index (χ1v) is 11.1. The van der Waals surface area contributed by atoms with Crippen molar-refractivity contribution in [3.05, 3.63) is 97.4 Å². The lowest BCUT2D eigenvalue weighted by Crippen LogP contribution is -2.13. The molecule has 0 aliphatic carbocycles. The quantitative estimate of drug-likeness (QED) is 0.272. The van der Waals surface area contributed by atoms with Gasteiger partial charge in [0.15, 0.2) is 0 Å². The Morgan fingerprint density at radius 3 is 2.48 bits per heavy atom. The fourth-order valence-electron chi connectivity index (χ4n) is 2.83. The topological polar surface area (TPSA) is 62.1 Å². The number of aryl methyl sites for hydroxylation is 2. The van der Waals surface area contributed by atoms with Crippen molar-refractivity contribution in [2.75, 3.05) is 5.32 Å². The number of hydrogen-bond acceptors (Lipinski definition) is 3. The van der Waals surface area contributed by atoms with E-state index in [9.17, 15) is 10.1 Å². The second-order valence-corrected chi connectivity index (χ2v) is 8.70. The van der Waals surface area contributed by atoms with Crippen molar-refractivity contribution in [2.24, 2.45) is 0 Å². The van der Waals surface area contributed by atoms with Gasteiger partial charge in [0.05, 0.1) is 4.47 Å². The van der Waals surface area contributed by atoms with E-state index in [0.717, 1.165) is 25.6 Å². The van der Waals surface area contributed by atoms with Crippen LogP contribution in [0.4, 0.5) is 5.69 Å². The monoisotopic (exact) mass is 538 g/mol. The number of ether oxygens (including phenoxy) is 1. The number of nitrogens with zero attached hydrogens (tertiary/aromatic N) is 1. The van der Waals surface area contributed by atoms with Crippen LogP contribution in [0, 0.1) is 25.2 Å². The first-order valence-electron chi connectivity index (χ1n) is 9.53. The van der Waals surface area contributed by atoms with Crippen molar-refractivity contribution in [2.45, 2.75) is 20.5 Å². The molecule has 0 atom stereocenters. The summed E-state index contributed by atoms with van der Waals surface area (Å²) in [5.74, 6) is 0.224. The minimum absolute atomic E-state index is 0.0204. The Bertz CT molecular complexity index is 1200. The Morgan fingerprint density at radius 2 is 1.81 bits per heavy atom. The van der Waals surface area contributed by atoms with Crippen molar-refractivity contribution >= 4 is 49.5 Å². The van der Waals surface area contributed by atoms with Gasteiger partial charge in [0.1, 0.15) is 24.0 Å². The first kappa shape index (κ1) is 22.8. The van der Waals surface area contributed by atoms with Gasteiger partial charge >= 0.3 is 0 Å². The minimum atomic E-state index is -0.448. The van der Waals surface area contributed by atoms with Crippen LogP contribution in [-0.4, -0.2) is 5.91 Å². The molecule has 0 saturated heterocycles. The summed E-state index contributed by atoms with van der Waals surface area (Å²) in [5.41, 5.74) is 4.64. The molecule has 0 saturated carbocycles. The molecule has 0 spiro atoms. The summed E-state index contributed by atoms with van der Waals surface area (Å²) >= 11 is 7.02. The second-order valence-electron chi connectivity index (χ2n) is 6.99. The Labute approximate surface area is 198 Å². The van der Waals surface area contributed by atoms with E-state index >= 15 is 0 Å². The van der Waals surface area contributed by atoms with Crippen LogP contribution in [0.2, 0.25) is 0 Å². The summed E-state index contributed by atoms with van der Waals surface area (Å²) in [4.78, 5) is 12.5. The van der Waals surface area contributed by atoms with Gasteiger partial charge in [-0.05, 0) is 82.9 Å². The summed E-state index contributed by atoms with van der Waals surface area (Å²) in [5, 5.41) is 12.3. The second kappa shape index (κ2) is 10.4. The predicted molar refractivity (Wildman–Crippen MR) is 131 cm³/mol. The van der Waals surface area contributed by atoms with Crippen LogP contribution in [0.1, 0.15) is 22.3 Å². The molecule has 0 aromatic heterocycles. The van der Waals surface area contributed by atoms with Gasteiger partial charge in [0.2, 0.25) is 0 Å². The Morgan fingerprint density at radius 1 is 1.03 bits per heavy atom. The molecule has 1 N–H and O–H groups in total. The number of benzene rings is 3. The van der Waals surface area contributed by atoms with Crippen LogP contribution >= 0.6 is 31.9 Å². The van der Waals surface area contributed by atoms with E-state index in [2.05, 4.69) is 37.2 Å². The maximum atomic E-state index is 12.5. The van der Waals surface area contributed by atoms with Gasteiger partial charge in [-0.25, -0.2) is 0 Å². The number of nitrogens with one attached hydrogen (secondary N) is 1. The lowest BCUT2D eigenvalue weighted by Gasteiger charge is -2.10. The summed E-state index contributed by atoms with van der Waals surface area (Å²) in [6.45, 7) is 4.40. The molecule has 0 unspecified atom stereocenters. The largest absolute Gasteiger partial charge is 0.488 e. The van der Waals surface area contributed by atoms with Crippen molar-refractivity contribution in [1.29, 1.82) is 5.26 Å². The van der Waals surface area contributed by atoms with Gasteiger partial charge in [0, 0.05) is 15.7 Å². The van der Waals surface area contributed by atoms with Gasteiger partial charge < -0.3 is 10.1 Å². The zero-order valence-electron chi connectivity index (χ0n) is 17.1. The zero-order chi connectivity index (χ0) is 22.4. The third kappa shape index (κ3) is 6.06. The smallest absolute Gasteiger partial charge is 0.266 e. The van der Waals surface area contributed by atoms with E-state index < -0.39 is 5.91 Å². The fourth-order valence-corrected chi connectivity index (χ4v) is 3.74. The van der Waals surface area contributed by atoms with Crippen LogP contribution in [0.15, 0.2) is 75.2 Å². The number of carbonyl (C=O) groups excluding carboxylic acids is 1. The lowest BCUT2D eigenvalue weighted by atomic mass is 10.1. The van der Waals surface area contributed by atoms with E-state index in [-0.39, 0.29) is 5.57 Å². The zero-order valence-corrected chi connectivity index (χ0v) is 20.2. The fraction of sp³-hybridized carbons (Fsp3) is 0.120. The van der Waals surface area contributed by atoms with Crippen LogP contribution in [0.3, 0.4) is 0 Å². The molecule has 0 fully saturated rings. The molecule has 0 bridgehead atoms. The third-order valence-electron chi connectivity index (χ3n) is 4.74.